The van der Waals surface area contributed by atoms with Crippen molar-refractivity contribution in [2.45, 2.75) is 51.5 Å². The number of hydrogen-bond donors (Lipinski definition) is 0. The van der Waals surface area contributed by atoms with Crippen molar-refractivity contribution in [2.75, 3.05) is 13.2 Å². The van der Waals surface area contributed by atoms with E-state index in [2.05, 4.69) is 10.0 Å². The minimum absolute atomic E-state index is 0.191. The van der Waals surface area contributed by atoms with Crippen LogP contribution in [-0.4, -0.2) is 40.9 Å². The quantitative estimate of drug-likeness (QED) is 0.331. The fraction of sp³-hybridized carbons (Fsp3) is 0.625. The highest BCUT2D eigenvalue weighted by Crippen LogP contribution is 2.23. The third-order valence-corrected chi connectivity index (χ3v) is 3.56. The molecular weight excluding hydrogens is 310 g/mol. The van der Waals surface area contributed by atoms with Crippen LogP contribution in [0.4, 0.5) is 0 Å². The lowest BCUT2D eigenvalue weighted by molar-refractivity contribution is -0.925. The first kappa shape index (κ1) is 18.0. The Labute approximate surface area is 141 Å². The van der Waals surface area contributed by atoms with Crippen molar-refractivity contribution in [1.29, 1.82) is 0 Å². The van der Waals surface area contributed by atoms with Crippen LogP contribution < -0.4 is 0 Å². The number of azide groups is 1. The Morgan fingerprint density at radius 3 is 2.71 bits per heavy atom. The Morgan fingerprint density at radius 1 is 1.38 bits per heavy atom. The van der Waals surface area contributed by atoms with E-state index in [9.17, 15) is 4.91 Å². The van der Waals surface area contributed by atoms with Crippen LogP contribution in [-0.2, 0) is 16.2 Å². The average molecular weight is 334 g/mol. The van der Waals surface area contributed by atoms with Crippen LogP contribution in [0.1, 0.15) is 32.8 Å². The second-order valence-corrected chi connectivity index (χ2v) is 6.81. The van der Waals surface area contributed by atoms with Crippen LogP contribution in [0, 0.1) is 4.91 Å². The van der Waals surface area contributed by atoms with E-state index in [1.807, 2.05) is 30.3 Å². The predicted molar refractivity (Wildman–Crippen MR) is 88.6 cm³/mol. The molecule has 24 heavy (non-hydrogen) atoms. The van der Waals surface area contributed by atoms with Crippen molar-refractivity contribution in [2.24, 2.45) is 5.11 Å². The van der Waals surface area contributed by atoms with Gasteiger partial charge >= 0.3 is 5.03 Å². The van der Waals surface area contributed by atoms with E-state index in [-0.39, 0.29) is 12.1 Å². The summed E-state index contributed by atoms with van der Waals surface area (Å²) in [5.74, 6) is 0. The number of benzene rings is 1. The van der Waals surface area contributed by atoms with Crippen molar-refractivity contribution in [3.8, 4) is 0 Å². The minimum atomic E-state index is -0.603. The largest absolute Gasteiger partial charge is 0.374 e. The van der Waals surface area contributed by atoms with E-state index in [0.717, 1.165) is 5.56 Å². The van der Waals surface area contributed by atoms with Crippen molar-refractivity contribution in [1.82, 2.24) is 5.01 Å². The molecule has 0 radical (unpaired) electrons. The SMILES string of the molecule is CC(C)(C)O[N+](=O)N1CC(N=[N+]=[N-])C[C@H]1COCc1ccccc1. The molecule has 8 heteroatoms. The van der Waals surface area contributed by atoms with Gasteiger partial charge in [0.05, 0.1) is 25.8 Å². The Bertz CT molecular complexity index is 595. The van der Waals surface area contributed by atoms with Crippen LogP contribution in [0.3, 0.4) is 0 Å². The first-order valence-electron chi connectivity index (χ1n) is 7.98. The van der Waals surface area contributed by atoms with Gasteiger partial charge < -0.3 is 4.74 Å². The van der Waals surface area contributed by atoms with Crippen molar-refractivity contribution >= 4 is 0 Å². The molecule has 2 rings (SSSR count). The number of hydrazine groups is 1. The highest BCUT2D eigenvalue weighted by Gasteiger charge is 2.44. The maximum Gasteiger partial charge on any atom is 0.360 e. The maximum absolute atomic E-state index is 12.3. The Balaban J connectivity index is 1.95. The third kappa shape index (κ3) is 5.40. The molecule has 1 aromatic rings. The van der Waals surface area contributed by atoms with E-state index < -0.39 is 5.60 Å². The van der Waals surface area contributed by atoms with Crippen molar-refractivity contribution in [3.63, 3.8) is 0 Å². The minimum Gasteiger partial charge on any atom is -0.374 e. The molecule has 0 N–H and O–H groups in total. The predicted octanol–water partition coefficient (Wildman–Crippen LogP) is 3.38. The third-order valence-electron chi connectivity index (χ3n) is 3.56. The molecule has 0 saturated carbocycles. The monoisotopic (exact) mass is 334 g/mol. The number of hydrogen-bond acceptors (Lipinski definition) is 4. The Kier molecular flexibility index (Phi) is 6.00. The zero-order chi connectivity index (χ0) is 17.6. The molecule has 1 aliphatic rings. The molecule has 1 fully saturated rings. The molecule has 2 atom stereocenters. The summed E-state index contributed by atoms with van der Waals surface area (Å²) in [5, 5.41) is 5.76. The Morgan fingerprint density at radius 2 is 2.08 bits per heavy atom. The molecule has 0 amide bonds. The van der Waals surface area contributed by atoms with Gasteiger partial charge in [-0.2, -0.15) is 4.84 Å². The summed E-state index contributed by atoms with van der Waals surface area (Å²) in [6.45, 7) is 6.57. The number of ether oxygens (including phenoxy) is 1. The van der Waals surface area contributed by atoms with Gasteiger partial charge in [-0.05, 0) is 38.3 Å². The first-order chi connectivity index (χ1) is 11.4. The van der Waals surface area contributed by atoms with Gasteiger partial charge in [0, 0.05) is 4.91 Å². The second kappa shape index (κ2) is 7.99. The van der Waals surface area contributed by atoms with Crippen molar-refractivity contribution in [3.05, 3.63) is 51.2 Å². The van der Waals surface area contributed by atoms with E-state index in [4.69, 9.17) is 15.1 Å². The summed E-state index contributed by atoms with van der Waals surface area (Å²) >= 11 is 0. The van der Waals surface area contributed by atoms with Gasteiger partial charge in [-0.25, -0.2) is 0 Å². The molecule has 1 aliphatic heterocycles. The Hall–Kier alpha value is -2.31. The zero-order valence-electron chi connectivity index (χ0n) is 14.3. The topological polar surface area (TPSA) is 90.5 Å². The van der Waals surface area contributed by atoms with Crippen molar-refractivity contribution < 1.29 is 14.6 Å². The summed E-state index contributed by atoms with van der Waals surface area (Å²) in [6, 6.07) is 9.37. The summed E-state index contributed by atoms with van der Waals surface area (Å²) < 4.78 is 5.74. The summed E-state index contributed by atoms with van der Waals surface area (Å²) in [5.41, 5.74) is 9.10. The van der Waals surface area contributed by atoms with Gasteiger partial charge in [-0.3, -0.25) is 0 Å². The highest BCUT2D eigenvalue weighted by atomic mass is 16.8. The summed E-state index contributed by atoms with van der Waals surface area (Å²) in [6.07, 6.45) is 0.561. The lowest BCUT2D eigenvalue weighted by Crippen LogP contribution is -2.43. The lowest BCUT2D eigenvalue weighted by Gasteiger charge is -2.18. The second-order valence-electron chi connectivity index (χ2n) is 6.81. The van der Waals surface area contributed by atoms with E-state index in [1.165, 1.54) is 5.01 Å². The molecule has 1 heterocycles. The lowest BCUT2D eigenvalue weighted by atomic mass is 10.2. The normalized spacial score (nSPS) is 20.5. The van der Waals surface area contributed by atoms with Crippen LogP contribution >= 0.6 is 0 Å². The standard InChI is InChI=1S/C16H24N5O3/c1-16(2,3)24-21(22)20-10-14(18-19-17)9-15(20)12-23-11-13-7-5-4-6-8-13/h4-8,14-15H,9-12H2,1-3H3/q+1/t14?,15-/m0/s1. The molecular formula is C16H24N5O3+. The fourth-order valence-corrected chi connectivity index (χ4v) is 2.56. The van der Waals surface area contributed by atoms with Crippen LogP contribution in [0.5, 0.6) is 0 Å². The molecule has 0 aromatic heterocycles. The summed E-state index contributed by atoms with van der Waals surface area (Å²) in [7, 11) is 0. The molecule has 0 bridgehead atoms. The molecule has 1 unspecified atom stereocenters. The van der Waals surface area contributed by atoms with Gasteiger partial charge in [-0.15, -0.1) is 0 Å². The van der Waals surface area contributed by atoms with Crippen LogP contribution in [0.25, 0.3) is 10.4 Å². The van der Waals surface area contributed by atoms with Gasteiger partial charge in [0.25, 0.3) is 0 Å². The smallest absolute Gasteiger partial charge is 0.360 e. The summed E-state index contributed by atoms with van der Waals surface area (Å²) in [4.78, 5) is 20.5. The molecule has 1 saturated heterocycles. The van der Waals surface area contributed by atoms with Gasteiger partial charge in [0.2, 0.25) is 0 Å². The number of rotatable bonds is 7. The molecule has 0 spiro atoms. The number of nitrogens with zero attached hydrogens (tertiary/aromatic N) is 5. The van der Waals surface area contributed by atoms with E-state index in [1.54, 1.807) is 20.8 Å². The highest BCUT2D eigenvalue weighted by molar-refractivity contribution is 5.13. The zero-order valence-corrected chi connectivity index (χ0v) is 14.3. The first-order valence-corrected chi connectivity index (χ1v) is 7.98. The van der Waals surface area contributed by atoms with Gasteiger partial charge in [0.1, 0.15) is 10.9 Å². The molecule has 1 aromatic carbocycles. The molecule has 8 nitrogen and oxygen atoms in total. The van der Waals surface area contributed by atoms with E-state index >= 15 is 0 Å². The maximum atomic E-state index is 12.3. The van der Waals surface area contributed by atoms with Gasteiger partial charge in [0.15, 0.2) is 5.60 Å². The van der Waals surface area contributed by atoms with Gasteiger partial charge in [-0.1, -0.05) is 40.5 Å². The fourth-order valence-electron chi connectivity index (χ4n) is 2.56. The molecule has 130 valence electrons. The average Bonchev–Trinajstić information content (AvgIpc) is 2.90. The van der Waals surface area contributed by atoms with Crippen LogP contribution in [0.2, 0.25) is 0 Å². The van der Waals surface area contributed by atoms with E-state index in [0.29, 0.717) is 31.2 Å². The van der Waals surface area contributed by atoms with Crippen LogP contribution in [0.15, 0.2) is 35.4 Å². The molecule has 0 aliphatic carbocycles.